The Morgan fingerprint density at radius 2 is 1.69 bits per heavy atom. The molecule has 0 radical (unpaired) electrons. The molecule has 0 aromatic rings. The molecule has 78 valence electrons. The summed E-state index contributed by atoms with van der Waals surface area (Å²) in [5, 5.41) is 0. The molecule has 7 heteroatoms. The van der Waals surface area contributed by atoms with Crippen LogP contribution in [0.15, 0.2) is 0 Å². The Balaban J connectivity index is 3.79. The predicted octanol–water partition coefficient (Wildman–Crippen LogP) is -1.16. The first-order valence-electron chi connectivity index (χ1n) is 3.64. The molecule has 0 atom stereocenters. The highest BCUT2D eigenvalue weighted by atomic mass is 16.6. The Labute approximate surface area is 76.5 Å². The number of nitrogens with two attached hydrogens (primary N) is 2. The van der Waals surface area contributed by atoms with Crippen molar-refractivity contribution in [1.82, 2.24) is 4.90 Å². The number of hydrogen-bond donors (Lipinski definition) is 2. The molecule has 0 fully saturated rings. The molecular formula is C6H15N3O4. The molecule has 7 nitrogen and oxygen atoms in total. The quantitative estimate of drug-likeness (QED) is 0.516. The van der Waals surface area contributed by atoms with E-state index in [9.17, 15) is 4.79 Å². The van der Waals surface area contributed by atoms with E-state index in [1.54, 1.807) is 0 Å². The van der Waals surface area contributed by atoms with Crippen molar-refractivity contribution in [2.24, 2.45) is 11.5 Å². The van der Waals surface area contributed by atoms with Gasteiger partial charge in [-0.2, -0.15) is 0 Å². The van der Waals surface area contributed by atoms with Gasteiger partial charge in [0.25, 0.3) is 0 Å². The second kappa shape index (κ2) is 7.74. The summed E-state index contributed by atoms with van der Waals surface area (Å²) in [4.78, 5) is 12.2. The van der Waals surface area contributed by atoms with Gasteiger partial charge in [-0.25, -0.2) is 4.79 Å². The van der Waals surface area contributed by atoms with Gasteiger partial charge in [0.15, 0.2) is 0 Å². The molecular weight excluding hydrogens is 178 g/mol. The van der Waals surface area contributed by atoms with Crippen LogP contribution in [0.4, 0.5) is 4.79 Å². The molecule has 0 heterocycles. The summed E-state index contributed by atoms with van der Waals surface area (Å²) in [6.07, 6.45) is -0.554. The van der Waals surface area contributed by atoms with Gasteiger partial charge in [0.1, 0.15) is 13.5 Å². The van der Waals surface area contributed by atoms with E-state index in [0.717, 1.165) is 0 Å². The van der Waals surface area contributed by atoms with E-state index in [1.165, 1.54) is 12.0 Å². The third-order valence-corrected chi connectivity index (χ3v) is 1.16. The molecule has 0 spiro atoms. The van der Waals surface area contributed by atoms with Gasteiger partial charge < -0.3 is 25.7 Å². The first-order chi connectivity index (χ1) is 6.26. The lowest BCUT2D eigenvalue weighted by atomic mass is 10.8. The minimum absolute atomic E-state index is 0.0170. The summed E-state index contributed by atoms with van der Waals surface area (Å²) in [5.41, 5.74) is 10.2. The van der Waals surface area contributed by atoms with Crippen molar-refractivity contribution in [3.63, 3.8) is 0 Å². The van der Waals surface area contributed by atoms with E-state index < -0.39 is 6.09 Å². The van der Waals surface area contributed by atoms with Gasteiger partial charge in [-0.15, -0.1) is 0 Å². The Bertz CT molecular complexity index is 136. The van der Waals surface area contributed by atoms with E-state index in [-0.39, 0.29) is 26.9 Å². The van der Waals surface area contributed by atoms with Crippen LogP contribution in [-0.2, 0) is 14.2 Å². The zero-order valence-corrected chi connectivity index (χ0v) is 7.56. The number of amides is 1. The Hall–Kier alpha value is -0.890. The van der Waals surface area contributed by atoms with Crippen molar-refractivity contribution < 1.29 is 19.0 Å². The van der Waals surface area contributed by atoms with Crippen LogP contribution >= 0.6 is 0 Å². The number of ether oxygens (including phenoxy) is 3. The second-order valence-corrected chi connectivity index (χ2v) is 2.01. The summed E-state index contributed by atoms with van der Waals surface area (Å²) < 4.78 is 14.0. The molecule has 0 aliphatic carbocycles. The third kappa shape index (κ3) is 5.36. The molecule has 0 aliphatic heterocycles. The zero-order chi connectivity index (χ0) is 10.1. The van der Waals surface area contributed by atoms with E-state index >= 15 is 0 Å². The van der Waals surface area contributed by atoms with E-state index in [2.05, 4.69) is 4.74 Å². The normalized spacial score (nSPS) is 9.77. The average Bonchev–Trinajstić information content (AvgIpc) is 2.17. The first-order valence-corrected chi connectivity index (χ1v) is 3.64. The maximum atomic E-state index is 11.0. The number of methoxy groups -OCH3 is 1. The van der Waals surface area contributed by atoms with Gasteiger partial charge in [-0.1, -0.05) is 0 Å². The van der Waals surface area contributed by atoms with Crippen LogP contribution in [0.1, 0.15) is 0 Å². The van der Waals surface area contributed by atoms with Crippen LogP contribution in [-0.4, -0.2) is 45.0 Å². The molecule has 0 aromatic heterocycles. The largest absolute Gasteiger partial charge is 0.453 e. The summed E-state index contributed by atoms with van der Waals surface area (Å²) in [7, 11) is 1.26. The third-order valence-electron chi connectivity index (χ3n) is 1.16. The molecule has 4 N–H and O–H groups in total. The second-order valence-electron chi connectivity index (χ2n) is 2.01. The summed E-state index contributed by atoms with van der Waals surface area (Å²) >= 11 is 0. The van der Waals surface area contributed by atoms with Crippen LogP contribution in [0.2, 0.25) is 0 Å². The molecule has 0 unspecified atom stereocenters. The fourth-order valence-electron chi connectivity index (χ4n) is 0.598. The van der Waals surface area contributed by atoms with Crippen molar-refractivity contribution in [3.05, 3.63) is 0 Å². The van der Waals surface area contributed by atoms with Crippen LogP contribution < -0.4 is 11.5 Å². The van der Waals surface area contributed by atoms with Crippen molar-refractivity contribution in [3.8, 4) is 0 Å². The van der Waals surface area contributed by atoms with E-state index in [1.807, 2.05) is 0 Å². The Morgan fingerprint density at radius 1 is 1.23 bits per heavy atom. The van der Waals surface area contributed by atoms with Gasteiger partial charge in [0.05, 0.1) is 20.6 Å². The Morgan fingerprint density at radius 3 is 2.00 bits per heavy atom. The van der Waals surface area contributed by atoms with Gasteiger partial charge in [0, 0.05) is 0 Å². The lowest BCUT2D eigenvalue weighted by Crippen LogP contribution is -2.36. The van der Waals surface area contributed by atoms with Crippen LogP contribution in [0, 0.1) is 0 Å². The van der Waals surface area contributed by atoms with Crippen molar-refractivity contribution >= 4 is 6.09 Å². The van der Waals surface area contributed by atoms with E-state index in [4.69, 9.17) is 20.9 Å². The summed E-state index contributed by atoms with van der Waals surface area (Å²) in [6, 6.07) is 0. The monoisotopic (exact) mass is 193 g/mol. The fraction of sp³-hybridized carbons (Fsp3) is 0.833. The van der Waals surface area contributed by atoms with Gasteiger partial charge in [0.2, 0.25) is 0 Å². The minimum atomic E-state index is -0.554. The number of carbonyl (C=O) groups excluding carboxylic acids is 1. The smallest absolute Gasteiger partial charge is 0.413 e. The average molecular weight is 193 g/mol. The van der Waals surface area contributed by atoms with Crippen LogP contribution in [0.25, 0.3) is 0 Å². The molecule has 0 saturated carbocycles. The van der Waals surface area contributed by atoms with Crippen molar-refractivity contribution in [2.45, 2.75) is 0 Å². The minimum Gasteiger partial charge on any atom is -0.453 e. The molecule has 0 rings (SSSR count). The topological polar surface area (TPSA) is 100 Å². The lowest BCUT2D eigenvalue weighted by Gasteiger charge is -2.19. The van der Waals surface area contributed by atoms with Crippen molar-refractivity contribution in [2.75, 3.05) is 34.0 Å². The molecule has 0 saturated heterocycles. The highest BCUT2D eigenvalue weighted by molar-refractivity contribution is 5.66. The highest BCUT2D eigenvalue weighted by Crippen LogP contribution is 1.93. The fourth-order valence-corrected chi connectivity index (χ4v) is 0.598. The molecule has 0 aromatic carbocycles. The summed E-state index contributed by atoms with van der Waals surface area (Å²) in [6.45, 7) is 0.0819. The molecule has 1 amide bonds. The number of rotatable bonds is 6. The maximum absolute atomic E-state index is 11.0. The molecule has 0 aliphatic rings. The van der Waals surface area contributed by atoms with E-state index in [0.29, 0.717) is 0 Å². The SMILES string of the molecule is COC(=O)N(COCN)COCN. The number of nitrogens with zero attached hydrogens (tertiary/aromatic N) is 1. The standard InChI is InChI=1S/C6H15N3O4/c1-11-6(10)9(4-12-2-7)5-13-3-8/h2-5,7-8H2,1H3. The van der Waals surface area contributed by atoms with Gasteiger partial charge in [-0.3, -0.25) is 4.90 Å². The molecule has 13 heavy (non-hydrogen) atoms. The predicted molar refractivity (Wildman–Crippen MR) is 44.3 cm³/mol. The van der Waals surface area contributed by atoms with Crippen LogP contribution in [0.3, 0.4) is 0 Å². The van der Waals surface area contributed by atoms with Gasteiger partial charge >= 0.3 is 6.09 Å². The Kier molecular flexibility index (Phi) is 7.21. The highest BCUT2D eigenvalue weighted by Gasteiger charge is 2.12. The van der Waals surface area contributed by atoms with Gasteiger partial charge in [-0.05, 0) is 0 Å². The van der Waals surface area contributed by atoms with Crippen molar-refractivity contribution in [1.29, 1.82) is 0 Å². The lowest BCUT2D eigenvalue weighted by molar-refractivity contribution is -0.0338. The number of carbonyl (C=O) groups is 1. The number of hydrogen-bond acceptors (Lipinski definition) is 6. The van der Waals surface area contributed by atoms with Crippen LogP contribution in [0.5, 0.6) is 0 Å². The first kappa shape index (κ1) is 12.1. The zero-order valence-electron chi connectivity index (χ0n) is 7.56. The maximum Gasteiger partial charge on any atom is 0.413 e. The molecule has 0 bridgehead atoms. The summed E-state index contributed by atoms with van der Waals surface area (Å²) in [5.74, 6) is 0.